The van der Waals surface area contributed by atoms with E-state index >= 15 is 0 Å². The number of alkyl halides is 3. The summed E-state index contributed by atoms with van der Waals surface area (Å²) in [5.74, 6) is 0.111. The first-order valence-electron chi connectivity index (χ1n) is 11.4. The van der Waals surface area contributed by atoms with Crippen molar-refractivity contribution < 1.29 is 32.7 Å². The predicted molar refractivity (Wildman–Crippen MR) is 130 cm³/mol. The Labute approximate surface area is 210 Å². The molecule has 2 unspecified atom stereocenters. The van der Waals surface area contributed by atoms with Crippen molar-refractivity contribution in [2.24, 2.45) is 0 Å². The lowest BCUT2D eigenvalue weighted by molar-refractivity contribution is -0.137. The Balaban J connectivity index is 1.62. The first kappa shape index (κ1) is 26.2. The normalized spacial score (nSPS) is 13.4. The van der Waals surface area contributed by atoms with Crippen molar-refractivity contribution in [3.8, 4) is 34.0 Å². The van der Waals surface area contributed by atoms with E-state index in [1.807, 2.05) is 0 Å². The van der Waals surface area contributed by atoms with Gasteiger partial charge in [0.05, 0.1) is 30.9 Å². The molecule has 0 amide bonds. The van der Waals surface area contributed by atoms with Crippen LogP contribution in [0.15, 0.2) is 71.3 Å². The van der Waals surface area contributed by atoms with Crippen LogP contribution < -0.4 is 5.32 Å². The molecule has 0 fully saturated rings. The van der Waals surface area contributed by atoms with E-state index in [0.29, 0.717) is 23.0 Å². The molecular formula is C27H24F3N3O4. The van der Waals surface area contributed by atoms with Gasteiger partial charge in [-0.05, 0) is 41.3 Å². The van der Waals surface area contributed by atoms with E-state index in [9.17, 15) is 28.2 Å². The summed E-state index contributed by atoms with van der Waals surface area (Å²) in [6, 6.07) is 16.0. The fourth-order valence-electron chi connectivity index (χ4n) is 3.99. The number of hydrogen-bond donors (Lipinski definition) is 3. The number of aliphatic hydroxyl groups excluding tert-OH is 2. The van der Waals surface area contributed by atoms with Gasteiger partial charge >= 0.3 is 6.18 Å². The van der Waals surface area contributed by atoms with Crippen LogP contribution in [0.4, 0.5) is 13.2 Å². The van der Waals surface area contributed by atoms with Crippen LogP contribution in [0, 0.1) is 6.92 Å². The summed E-state index contributed by atoms with van der Waals surface area (Å²) in [7, 11) is 0. The van der Waals surface area contributed by atoms with Gasteiger partial charge in [-0.3, -0.25) is 5.32 Å². The SMILES string of the molecule is Cc1ccccc1-c1ccc(-c2nc(-c3ccc(C(CO)NC(C=O)CO)cc3)no2)cc1C(F)(F)F. The largest absolute Gasteiger partial charge is 0.417 e. The molecule has 4 aromatic rings. The number of nitrogens with zero attached hydrogens (tertiary/aromatic N) is 2. The van der Waals surface area contributed by atoms with Gasteiger partial charge in [0.25, 0.3) is 5.89 Å². The molecule has 0 aliphatic heterocycles. The van der Waals surface area contributed by atoms with Crippen LogP contribution in [-0.4, -0.2) is 45.9 Å². The van der Waals surface area contributed by atoms with Crippen LogP contribution in [0.25, 0.3) is 34.0 Å². The molecule has 4 rings (SSSR count). The number of nitrogens with one attached hydrogen (secondary N) is 1. The third-order valence-electron chi connectivity index (χ3n) is 5.96. The third-order valence-corrected chi connectivity index (χ3v) is 5.96. The fourth-order valence-corrected chi connectivity index (χ4v) is 3.99. The average molecular weight is 512 g/mol. The van der Waals surface area contributed by atoms with Gasteiger partial charge in [-0.1, -0.05) is 59.8 Å². The maximum Gasteiger partial charge on any atom is 0.417 e. The lowest BCUT2D eigenvalue weighted by Gasteiger charge is -2.20. The molecular weight excluding hydrogens is 487 g/mol. The van der Waals surface area contributed by atoms with E-state index in [1.54, 1.807) is 55.5 Å². The first-order valence-corrected chi connectivity index (χ1v) is 11.4. The maximum absolute atomic E-state index is 14.0. The van der Waals surface area contributed by atoms with Crippen molar-refractivity contribution in [3.05, 3.63) is 83.4 Å². The summed E-state index contributed by atoms with van der Waals surface area (Å²) < 4.78 is 47.2. The van der Waals surface area contributed by atoms with Crippen molar-refractivity contribution in [3.63, 3.8) is 0 Å². The molecule has 7 nitrogen and oxygen atoms in total. The number of aryl methyl sites for hydroxylation is 1. The molecule has 1 heterocycles. The van der Waals surface area contributed by atoms with Crippen molar-refractivity contribution in [2.75, 3.05) is 13.2 Å². The summed E-state index contributed by atoms with van der Waals surface area (Å²) in [4.78, 5) is 15.2. The monoisotopic (exact) mass is 511 g/mol. The molecule has 0 radical (unpaired) electrons. The topological polar surface area (TPSA) is 108 Å². The van der Waals surface area contributed by atoms with Crippen molar-refractivity contribution in [1.82, 2.24) is 15.5 Å². The Morgan fingerprint density at radius 1 is 0.973 bits per heavy atom. The molecule has 0 aliphatic carbocycles. The van der Waals surface area contributed by atoms with Gasteiger partial charge in [0.2, 0.25) is 5.82 Å². The number of aliphatic hydroxyl groups is 2. The van der Waals surface area contributed by atoms with Gasteiger partial charge in [0, 0.05) is 11.1 Å². The molecule has 0 saturated heterocycles. The number of carbonyl (C=O) groups is 1. The predicted octanol–water partition coefficient (Wildman–Crippen LogP) is 4.58. The standard InChI is InChI=1S/C27H24F3N3O4/c1-16-4-2-3-5-21(16)22-11-10-19(12-23(22)27(28,29)30)26-32-25(33-37-26)18-8-6-17(7-9-18)24(15-36)31-20(13-34)14-35/h2-13,20,24,31,35-36H,14-15H2,1H3. The number of aromatic nitrogens is 2. The van der Waals surface area contributed by atoms with E-state index in [0.717, 1.165) is 11.6 Å². The highest BCUT2D eigenvalue weighted by atomic mass is 19.4. The number of aldehydes is 1. The van der Waals surface area contributed by atoms with Gasteiger partial charge in [-0.2, -0.15) is 18.2 Å². The number of benzene rings is 3. The second-order valence-corrected chi connectivity index (χ2v) is 8.45. The van der Waals surface area contributed by atoms with Crippen LogP contribution in [0.3, 0.4) is 0 Å². The van der Waals surface area contributed by atoms with Gasteiger partial charge in [-0.25, -0.2) is 0 Å². The van der Waals surface area contributed by atoms with Crippen LogP contribution in [0.5, 0.6) is 0 Å². The minimum Gasteiger partial charge on any atom is -0.394 e. The van der Waals surface area contributed by atoms with E-state index in [-0.39, 0.29) is 29.4 Å². The summed E-state index contributed by atoms with van der Waals surface area (Å²) in [6.45, 7) is 1.03. The number of hydrogen-bond acceptors (Lipinski definition) is 7. The molecule has 0 bridgehead atoms. The average Bonchev–Trinajstić information content (AvgIpc) is 3.40. The van der Waals surface area contributed by atoms with Crippen LogP contribution >= 0.6 is 0 Å². The molecule has 0 saturated carbocycles. The quantitative estimate of drug-likeness (QED) is 0.282. The molecule has 0 aliphatic rings. The Bertz CT molecular complexity index is 1370. The van der Waals surface area contributed by atoms with Gasteiger partial charge < -0.3 is 19.5 Å². The van der Waals surface area contributed by atoms with Gasteiger partial charge in [0.15, 0.2) is 0 Å². The Morgan fingerprint density at radius 3 is 2.30 bits per heavy atom. The van der Waals surface area contributed by atoms with Crippen molar-refractivity contribution >= 4 is 6.29 Å². The van der Waals surface area contributed by atoms with E-state index in [1.165, 1.54) is 12.1 Å². The fraction of sp³-hybridized carbons (Fsp3) is 0.222. The molecule has 3 N–H and O–H groups in total. The second kappa shape index (κ2) is 11.0. The molecule has 0 spiro atoms. The Kier molecular flexibility index (Phi) is 7.82. The van der Waals surface area contributed by atoms with E-state index < -0.39 is 30.4 Å². The first-order chi connectivity index (χ1) is 17.7. The van der Waals surface area contributed by atoms with Crippen LogP contribution in [0.1, 0.15) is 22.7 Å². The maximum atomic E-state index is 14.0. The summed E-state index contributed by atoms with van der Waals surface area (Å²) >= 11 is 0. The zero-order chi connectivity index (χ0) is 26.6. The zero-order valence-corrected chi connectivity index (χ0v) is 19.7. The lowest BCUT2D eigenvalue weighted by atomic mass is 9.94. The Hall–Kier alpha value is -3.86. The second-order valence-electron chi connectivity index (χ2n) is 8.45. The zero-order valence-electron chi connectivity index (χ0n) is 19.7. The van der Waals surface area contributed by atoms with Gasteiger partial charge in [0.1, 0.15) is 6.29 Å². The highest BCUT2D eigenvalue weighted by Crippen LogP contribution is 2.40. The third kappa shape index (κ3) is 5.77. The molecule has 37 heavy (non-hydrogen) atoms. The lowest BCUT2D eigenvalue weighted by Crippen LogP contribution is -2.38. The minimum absolute atomic E-state index is 0.0624. The van der Waals surface area contributed by atoms with Crippen molar-refractivity contribution in [1.29, 1.82) is 0 Å². The summed E-state index contributed by atoms with van der Waals surface area (Å²) in [5.41, 5.74) is 1.79. The highest BCUT2D eigenvalue weighted by molar-refractivity contribution is 5.74. The number of carbonyl (C=O) groups excluding carboxylic acids is 1. The van der Waals surface area contributed by atoms with E-state index in [4.69, 9.17) is 4.52 Å². The molecule has 1 aromatic heterocycles. The van der Waals surface area contributed by atoms with E-state index in [2.05, 4.69) is 15.5 Å². The molecule has 2 atom stereocenters. The number of rotatable bonds is 9. The molecule has 3 aromatic carbocycles. The summed E-state index contributed by atoms with van der Waals surface area (Å²) in [6.07, 6.45) is -4.04. The Morgan fingerprint density at radius 2 is 1.68 bits per heavy atom. The highest BCUT2D eigenvalue weighted by Gasteiger charge is 2.34. The van der Waals surface area contributed by atoms with Crippen molar-refractivity contribution in [2.45, 2.75) is 25.2 Å². The van der Waals surface area contributed by atoms with Gasteiger partial charge in [-0.15, -0.1) is 0 Å². The summed E-state index contributed by atoms with van der Waals surface area (Å²) in [5, 5.41) is 25.6. The molecule has 10 heteroatoms. The molecule has 192 valence electrons. The smallest absolute Gasteiger partial charge is 0.394 e. The van der Waals surface area contributed by atoms with Crippen LogP contribution in [-0.2, 0) is 11.0 Å². The number of halogens is 3. The minimum atomic E-state index is -4.59. The van der Waals surface area contributed by atoms with Crippen LogP contribution in [0.2, 0.25) is 0 Å².